The lowest BCUT2D eigenvalue weighted by Gasteiger charge is -2.31. The Balaban J connectivity index is 0.000000141. The predicted octanol–water partition coefficient (Wildman–Crippen LogP) is 3.68. The zero-order valence-corrected chi connectivity index (χ0v) is 15.5. The van der Waals surface area contributed by atoms with Gasteiger partial charge in [-0.15, -0.1) is 0 Å². The standard InChI is InChI=1S/2C10H16O2/c2*1-6-3-4-8-7(2)5-12-10(11)9(6)8/h2*6-9H,3-5H2,1-2H3/t6-,7+,8-,9+;6-,7-,8-,9+/m00/s1. The van der Waals surface area contributed by atoms with Gasteiger partial charge in [-0.05, 0) is 61.2 Å². The van der Waals surface area contributed by atoms with Crippen molar-refractivity contribution in [3.05, 3.63) is 0 Å². The van der Waals surface area contributed by atoms with Crippen LogP contribution in [-0.4, -0.2) is 25.2 Å². The fourth-order valence-electron chi connectivity index (χ4n) is 5.43. The summed E-state index contributed by atoms with van der Waals surface area (Å²) in [6.07, 6.45) is 4.85. The molecule has 2 aliphatic heterocycles. The largest absolute Gasteiger partial charge is 0.465 e. The zero-order chi connectivity index (χ0) is 17.4. The highest BCUT2D eigenvalue weighted by molar-refractivity contribution is 5.74. The highest BCUT2D eigenvalue weighted by Crippen LogP contribution is 2.45. The Hall–Kier alpha value is -1.06. The number of rotatable bonds is 0. The van der Waals surface area contributed by atoms with E-state index in [0.29, 0.717) is 48.7 Å². The maximum absolute atomic E-state index is 11.4. The summed E-state index contributed by atoms with van der Waals surface area (Å²) in [5.41, 5.74) is 0. The molecule has 136 valence electrons. The summed E-state index contributed by atoms with van der Waals surface area (Å²) >= 11 is 0. The van der Waals surface area contributed by atoms with Gasteiger partial charge >= 0.3 is 11.9 Å². The molecule has 24 heavy (non-hydrogen) atoms. The first-order valence-corrected chi connectivity index (χ1v) is 9.73. The topological polar surface area (TPSA) is 52.6 Å². The van der Waals surface area contributed by atoms with Gasteiger partial charge in [0.15, 0.2) is 0 Å². The summed E-state index contributed by atoms with van der Waals surface area (Å²) in [5.74, 6) is 4.03. The summed E-state index contributed by atoms with van der Waals surface area (Å²) in [6.45, 7) is 10.0. The van der Waals surface area contributed by atoms with Crippen molar-refractivity contribution < 1.29 is 19.1 Å². The van der Waals surface area contributed by atoms with Crippen molar-refractivity contribution in [3.63, 3.8) is 0 Å². The van der Waals surface area contributed by atoms with Gasteiger partial charge in [0.2, 0.25) is 0 Å². The fourth-order valence-corrected chi connectivity index (χ4v) is 5.43. The average Bonchev–Trinajstić information content (AvgIpc) is 3.13. The molecule has 2 aliphatic carbocycles. The molecule has 0 aromatic rings. The molecule has 0 radical (unpaired) electrons. The molecule has 4 rings (SSSR count). The van der Waals surface area contributed by atoms with E-state index in [1.807, 2.05) is 0 Å². The fraction of sp³-hybridized carbons (Fsp3) is 0.900. The van der Waals surface area contributed by atoms with Gasteiger partial charge in [0, 0.05) is 0 Å². The first-order valence-electron chi connectivity index (χ1n) is 9.73. The van der Waals surface area contributed by atoms with Gasteiger partial charge in [-0.1, -0.05) is 27.7 Å². The molecular weight excluding hydrogens is 304 g/mol. The van der Waals surface area contributed by atoms with E-state index < -0.39 is 0 Å². The molecule has 0 aromatic carbocycles. The highest BCUT2D eigenvalue weighted by atomic mass is 16.5. The average molecular weight is 336 g/mol. The van der Waals surface area contributed by atoms with E-state index in [1.54, 1.807) is 0 Å². The van der Waals surface area contributed by atoms with Crippen LogP contribution < -0.4 is 0 Å². The van der Waals surface area contributed by atoms with Crippen LogP contribution in [0.5, 0.6) is 0 Å². The van der Waals surface area contributed by atoms with E-state index in [2.05, 4.69) is 27.7 Å². The van der Waals surface area contributed by atoms with Crippen LogP contribution in [0.25, 0.3) is 0 Å². The summed E-state index contributed by atoms with van der Waals surface area (Å²) in [7, 11) is 0. The minimum absolute atomic E-state index is 0.0584. The Morgan fingerprint density at radius 2 is 1.00 bits per heavy atom. The van der Waals surface area contributed by atoms with Crippen LogP contribution in [0, 0.1) is 47.3 Å². The number of carbonyl (C=O) groups excluding carboxylic acids is 2. The number of hydrogen-bond donors (Lipinski definition) is 0. The summed E-state index contributed by atoms with van der Waals surface area (Å²) in [4.78, 5) is 22.8. The normalized spacial score (nSPS) is 47.0. The Kier molecular flexibility index (Phi) is 5.22. The van der Waals surface area contributed by atoms with Crippen LogP contribution in [0.3, 0.4) is 0 Å². The summed E-state index contributed by atoms with van der Waals surface area (Å²) in [5, 5.41) is 0. The molecule has 4 nitrogen and oxygen atoms in total. The number of esters is 2. The maximum atomic E-state index is 11.4. The summed E-state index contributed by atoms with van der Waals surface area (Å²) < 4.78 is 10.3. The minimum Gasteiger partial charge on any atom is -0.465 e. The van der Waals surface area contributed by atoms with E-state index >= 15 is 0 Å². The van der Waals surface area contributed by atoms with Crippen molar-refractivity contribution >= 4 is 11.9 Å². The molecule has 0 N–H and O–H groups in total. The highest BCUT2D eigenvalue weighted by Gasteiger charge is 2.46. The lowest BCUT2D eigenvalue weighted by atomic mass is 9.81. The third-order valence-corrected chi connectivity index (χ3v) is 7.04. The van der Waals surface area contributed by atoms with Crippen LogP contribution in [-0.2, 0) is 19.1 Å². The summed E-state index contributed by atoms with van der Waals surface area (Å²) in [6, 6.07) is 0. The second-order valence-electron chi connectivity index (χ2n) is 8.70. The van der Waals surface area contributed by atoms with Crippen LogP contribution in [0.4, 0.5) is 0 Å². The number of cyclic esters (lactones) is 2. The molecule has 2 saturated heterocycles. The second kappa shape index (κ2) is 7.05. The van der Waals surface area contributed by atoms with Crippen LogP contribution in [0.1, 0.15) is 53.4 Å². The molecule has 0 bridgehead atoms. The van der Waals surface area contributed by atoms with Crippen molar-refractivity contribution in [2.24, 2.45) is 47.3 Å². The number of ether oxygens (including phenoxy) is 2. The molecule has 4 aliphatic rings. The van der Waals surface area contributed by atoms with Gasteiger partial charge in [0.1, 0.15) is 0 Å². The first-order chi connectivity index (χ1) is 11.4. The van der Waals surface area contributed by atoms with E-state index in [0.717, 1.165) is 0 Å². The Labute approximate surface area is 145 Å². The quantitative estimate of drug-likeness (QED) is 0.633. The SMILES string of the molecule is C[C@@H]1COC(=O)[C@H]2[C@H]1CC[C@@H]2C.C[C@H]1COC(=O)[C@H]2[C@H]1CC[C@@H]2C. The lowest BCUT2D eigenvalue weighted by molar-refractivity contribution is -0.161. The molecule has 2 heterocycles. The predicted molar refractivity (Wildman–Crippen MR) is 91.0 cm³/mol. The van der Waals surface area contributed by atoms with Gasteiger partial charge in [-0.25, -0.2) is 0 Å². The molecule has 0 unspecified atom stereocenters. The Morgan fingerprint density at radius 3 is 1.33 bits per heavy atom. The molecule has 0 spiro atoms. The monoisotopic (exact) mass is 336 g/mol. The molecule has 8 atom stereocenters. The van der Waals surface area contributed by atoms with Crippen LogP contribution in [0.2, 0.25) is 0 Å². The molecule has 0 amide bonds. The van der Waals surface area contributed by atoms with E-state index in [9.17, 15) is 9.59 Å². The van der Waals surface area contributed by atoms with E-state index in [-0.39, 0.29) is 23.8 Å². The van der Waals surface area contributed by atoms with Gasteiger partial charge < -0.3 is 9.47 Å². The Bertz CT molecular complexity index is 444. The zero-order valence-electron chi connectivity index (χ0n) is 15.5. The van der Waals surface area contributed by atoms with Crippen molar-refractivity contribution in [3.8, 4) is 0 Å². The van der Waals surface area contributed by atoms with Gasteiger partial charge in [-0.2, -0.15) is 0 Å². The van der Waals surface area contributed by atoms with E-state index in [4.69, 9.17) is 9.47 Å². The van der Waals surface area contributed by atoms with Crippen molar-refractivity contribution in [1.82, 2.24) is 0 Å². The second-order valence-corrected chi connectivity index (χ2v) is 8.70. The van der Waals surface area contributed by atoms with Gasteiger partial charge in [0.25, 0.3) is 0 Å². The molecule has 2 saturated carbocycles. The van der Waals surface area contributed by atoms with Gasteiger partial charge in [-0.3, -0.25) is 9.59 Å². The van der Waals surface area contributed by atoms with Gasteiger partial charge in [0.05, 0.1) is 25.0 Å². The van der Waals surface area contributed by atoms with E-state index in [1.165, 1.54) is 25.7 Å². The third-order valence-electron chi connectivity index (χ3n) is 7.04. The van der Waals surface area contributed by atoms with Crippen LogP contribution >= 0.6 is 0 Å². The smallest absolute Gasteiger partial charge is 0.309 e. The number of carbonyl (C=O) groups is 2. The maximum Gasteiger partial charge on any atom is 0.309 e. The lowest BCUT2D eigenvalue weighted by Crippen LogP contribution is -2.37. The Morgan fingerprint density at radius 1 is 0.625 bits per heavy atom. The number of hydrogen-bond acceptors (Lipinski definition) is 4. The van der Waals surface area contributed by atoms with Crippen molar-refractivity contribution in [2.75, 3.05) is 13.2 Å². The first kappa shape index (κ1) is 17.8. The van der Waals surface area contributed by atoms with Crippen LogP contribution in [0.15, 0.2) is 0 Å². The molecule has 4 fully saturated rings. The van der Waals surface area contributed by atoms with Crippen molar-refractivity contribution in [1.29, 1.82) is 0 Å². The third kappa shape index (κ3) is 3.21. The number of fused-ring (bicyclic) bond motifs is 2. The molecular formula is C20H32O4. The molecule has 4 heteroatoms. The van der Waals surface area contributed by atoms with Crippen molar-refractivity contribution in [2.45, 2.75) is 53.4 Å². The molecule has 0 aromatic heterocycles. The minimum atomic E-state index is 0.0584.